The first kappa shape index (κ1) is 33.8. The maximum Gasteiger partial charge on any atom is 0.224 e. The molecule has 0 unspecified atom stereocenters. The Hall–Kier alpha value is -2.73. The van der Waals surface area contributed by atoms with Crippen molar-refractivity contribution in [3.8, 4) is 0 Å². The predicted octanol–water partition coefficient (Wildman–Crippen LogP) is 9.25. The molecule has 0 saturated heterocycles. The van der Waals surface area contributed by atoms with Crippen LogP contribution in [0.1, 0.15) is 84.6 Å². The molecule has 3 atom stereocenters. The Morgan fingerprint density at radius 2 is 1.07 bits per heavy atom. The molecular weight excluding hydrogens is 533 g/mol. The van der Waals surface area contributed by atoms with E-state index in [1.807, 2.05) is 18.0 Å². The van der Waals surface area contributed by atoms with Crippen LogP contribution in [0.25, 0.3) is 0 Å². The molecule has 0 saturated carbocycles. The Balaban J connectivity index is 1.85. The third-order valence-corrected chi connectivity index (χ3v) is 15.2. The van der Waals surface area contributed by atoms with E-state index in [2.05, 4.69) is 145 Å². The molecule has 0 aliphatic rings. The van der Waals surface area contributed by atoms with Crippen LogP contribution in [0.5, 0.6) is 0 Å². The topological polar surface area (TPSA) is 32.8 Å². The van der Waals surface area contributed by atoms with Crippen molar-refractivity contribution in [2.75, 3.05) is 7.05 Å². The van der Waals surface area contributed by atoms with E-state index in [4.69, 9.17) is 4.43 Å². The van der Waals surface area contributed by atoms with E-state index in [9.17, 15) is 4.79 Å². The summed E-state index contributed by atoms with van der Waals surface area (Å²) >= 11 is 0. The molecule has 0 N–H and O–H groups in total. The molecule has 3 aromatic rings. The molecule has 228 valence electrons. The van der Waals surface area contributed by atoms with Gasteiger partial charge in [0.25, 0.3) is 0 Å². The quantitative estimate of drug-likeness (QED) is 0.166. The van der Waals surface area contributed by atoms with Crippen LogP contribution in [0.15, 0.2) is 91.0 Å². The number of nitrogens with zero attached hydrogens (tertiary/aromatic N) is 2. The van der Waals surface area contributed by atoms with Crippen LogP contribution in [-0.4, -0.2) is 43.2 Å². The zero-order valence-corrected chi connectivity index (χ0v) is 28.5. The van der Waals surface area contributed by atoms with Gasteiger partial charge in [0.15, 0.2) is 0 Å². The van der Waals surface area contributed by atoms with E-state index in [0.29, 0.717) is 23.0 Å². The van der Waals surface area contributed by atoms with Crippen LogP contribution < -0.4 is 0 Å². The van der Waals surface area contributed by atoms with E-state index < -0.39 is 8.32 Å². The maximum absolute atomic E-state index is 14.0. The first-order valence-electron chi connectivity index (χ1n) is 15.8. The van der Waals surface area contributed by atoms with Crippen molar-refractivity contribution in [3.63, 3.8) is 0 Å². The molecule has 3 aromatic carbocycles. The first-order chi connectivity index (χ1) is 20.0. The highest BCUT2D eigenvalue weighted by atomic mass is 28.4. The van der Waals surface area contributed by atoms with Gasteiger partial charge in [-0.25, -0.2) is 0 Å². The van der Waals surface area contributed by atoms with Crippen molar-refractivity contribution in [2.24, 2.45) is 0 Å². The second-order valence-corrected chi connectivity index (χ2v) is 18.3. The number of hydrogen-bond donors (Lipinski definition) is 0. The fourth-order valence-corrected chi connectivity index (χ4v) is 12.3. The summed E-state index contributed by atoms with van der Waals surface area (Å²) < 4.78 is 7.39. The molecule has 0 fully saturated rings. The highest BCUT2D eigenvalue weighted by Crippen LogP contribution is 2.46. The van der Waals surface area contributed by atoms with Gasteiger partial charge in [-0.3, -0.25) is 9.69 Å². The van der Waals surface area contributed by atoms with Crippen LogP contribution >= 0.6 is 0 Å². The number of likely N-dealkylation sites (N-methyl/N-ethyl adjacent to an activating group) is 1. The molecule has 0 spiro atoms. The van der Waals surface area contributed by atoms with E-state index in [1.165, 1.54) is 11.1 Å². The minimum absolute atomic E-state index is 0.0686. The van der Waals surface area contributed by atoms with Gasteiger partial charge in [0, 0.05) is 32.6 Å². The fraction of sp³-hybridized carbons (Fsp3) is 0.486. The third kappa shape index (κ3) is 8.43. The lowest BCUT2D eigenvalue weighted by molar-refractivity contribution is -0.135. The van der Waals surface area contributed by atoms with Crippen LogP contribution in [-0.2, 0) is 22.3 Å². The summed E-state index contributed by atoms with van der Waals surface area (Å²) in [5.74, 6) is 0.150. The van der Waals surface area contributed by atoms with Crippen LogP contribution in [0.2, 0.25) is 16.6 Å². The molecule has 0 aliphatic heterocycles. The predicted molar refractivity (Wildman–Crippen MR) is 180 cm³/mol. The number of amides is 1. The van der Waals surface area contributed by atoms with Crippen molar-refractivity contribution in [1.29, 1.82) is 0 Å². The minimum atomic E-state index is -2.20. The molecule has 0 aromatic heterocycles. The van der Waals surface area contributed by atoms with E-state index >= 15 is 0 Å². The van der Waals surface area contributed by atoms with Crippen LogP contribution in [0.3, 0.4) is 0 Å². The van der Waals surface area contributed by atoms with Gasteiger partial charge in [0.2, 0.25) is 14.2 Å². The molecule has 0 aliphatic carbocycles. The summed E-state index contributed by atoms with van der Waals surface area (Å²) in [6, 6.07) is 31.6. The van der Waals surface area contributed by atoms with Crippen molar-refractivity contribution >= 4 is 14.2 Å². The van der Waals surface area contributed by atoms with Gasteiger partial charge in [-0.15, -0.1) is 0 Å². The van der Waals surface area contributed by atoms with Gasteiger partial charge in [0.05, 0.1) is 12.1 Å². The Kier molecular flexibility index (Phi) is 12.6. The number of hydrogen-bond acceptors (Lipinski definition) is 3. The average molecular weight is 587 g/mol. The molecule has 42 heavy (non-hydrogen) atoms. The maximum atomic E-state index is 14.0. The first-order valence-corrected chi connectivity index (χ1v) is 17.9. The monoisotopic (exact) mass is 586 g/mol. The zero-order valence-electron chi connectivity index (χ0n) is 27.5. The van der Waals surface area contributed by atoms with Crippen molar-refractivity contribution in [3.05, 3.63) is 108 Å². The lowest BCUT2D eigenvalue weighted by Crippen LogP contribution is -2.52. The molecule has 1 amide bonds. The van der Waals surface area contributed by atoms with Crippen LogP contribution in [0.4, 0.5) is 0 Å². The summed E-state index contributed by atoms with van der Waals surface area (Å²) in [5.41, 5.74) is 5.03. The van der Waals surface area contributed by atoms with E-state index in [1.54, 1.807) is 0 Å². The van der Waals surface area contributed by atoms with Gasteiger partial charge in [-0.2, -0.15) is 0 Å². The summed E-state index contributed by atoms with van der Waals surface area (Å²) in [6.45, 7) is 19.9. The Morgan fingerprint density at radius 3 is 1.48 bits per heavy atom. The van der Waals surface area contributed by atoms with Gasteiger partial charge in [-0.05, 0) is 47.2 Å². The molecule has 0 heterocycles. The molecule has 0 radical (unpaired) electrons. The van der Waals surface area contributed by atoms with Gasteiger partial charge in [-0.1, -0.05) is 133 Å². The summed E-state index contributed by atoms with van der Waals surface area (Å²) in [5, 5.41) is 0. The Bertz CT molecular complexity index is 1140. The lowest BCUT2D eigenvalue weighted by atomic mass is 10.0. The SMILES string of the molecule is CC(C)[Si](O[C@@H](c1ccccc1)[C@H](C)N(C)C(=O)C[C@H](C)N(Cc1ccccc1)Cc1ccccc1)(C(C)C)C(C)C. The molecular formula is C37H54N2O2Si. The number of benzene rings is 3. The number of carbonyl (C=O) groups excluding carboxylic acids is 1. The van der Waals surface area contributed by atoms with Crippen LogP contribution in [0, 0.1) is 0 Å². The smallest absolute Gasteiger partial charge is 0.224 e. The highest BCUT2D eigenvalue weighted by molar-refractivity contribution is 6.77. The zero-order chi connectivity index (χ0) is 30.9. The van der Waals surface area contributed by atoms with Gasteiger partial charge in [0.1, 0.15) is 0 Å². The Morgan fingerprint density at radius 1 is 0.667 bits per heavy atom. The molecule has 3 rings (SSSR count). The normalized spacial score (nSPS) is 14.4. The molecule has 5 heteroatoms. The summed E-state index contributed by atoms with van der Waals surface area (Å²) in [6.07, 6.45) is 0.266. The molecule has 0 bridgehead atoms. The second-order valence-electron chi connectivity index (χ2n) is 12.9. The van der Waals surface area contributed by atoms with Crippen molar-refractivity contribution in [2.45, 2.75) is 110 Å². The Labute approximate surface area is 257 Å². The van der Waals surface area contributed by atoms with Gasteiger partial charge < -0.3 is 9.33 Å². The lowest BCUT2D eigenvalue weighted by Gasteiger charge is -2.47. The average Bonchev–Trinajstić information content (AvgIpc) is 2.97. The second kappa shape index (κ2) is 15.7. The minimum Gasteiger partial charge on any atom is -0.407 e. The molecule has 4 nitrogen and oxygen atoms in total. The summed E-state index contributed by atoms with van der Waals surface area (Å²) in [7, 11) is -0.240. The highest BCUT2D eigenvalue weighted by Gasteiger charge is 2.48. The van der Waals surface area contributed by atoms with Gasteiger partial charge >= 0.3 is 0 Å². The van der Waals surface area contributed by atoms with E-state index in [0.717, 1.165) is 18.7 Å². The van der Waals surface area contributed by atoms with Crippen molar-refractivity contribution in [1.82, 2.24) is 9.80 Å². The summed E-state index contributed by atoms with van der Waals surface area (Å²) in [4.78, 5) is 18.3. The number of rotatable bonds is 15. The van der Waals surface area contributed by atoms with E-state index in [-0.39, 0.29) is 24.1 Å². The standard InChI is InChI=1S/C37H54N2O2Si/c1-28(2)42(29(3)4,30(5)6)41-37(35-23-17-12-18-24-35)32(8)38(9)36(40)25-31(7)39(26-33-19-13-10-14-20-33)27-34-21-15-11-16-22-34/h10-24,28-32,37H,25-27H2,1-9H3/t31-,32-,37+/m0/s1. The largest absolute Gasteiger partial charge is 0.407 e. The number of carbonyl (C=O) groups is 1. The van der Waals surface area contributed by atoms with Crippen molar-refractivity contribution < 1.29 is 9.22 Å². The third-order valence-electron chi connectivity index (χ3n) is 9.16. The fourth-order valence-electron chi connectivity index (χ4n) is 6.68.